The van der Waals surface area contributed by atoms with Crippen molar-refractivity contribution in [1.29, 1.82) is 0 Å². The van der Waals surface area contributed by atoms with Crippen molar-refractivity contribution >= 4 is 35.7 Å². The second-order valence-corrected chi connectivity index (χ2v) is 17.5. The van der Waals surface area contributed by atoms with Crippen LogP contribution in [0.4, 0.5) is 0 Å². The van der Waals surface area contributed by atoms with Crippen molar-refractivity contribution in [3.8, 4) is 0 Å². The normalized spacial score (nSPS) is 11.4. The Bertz CT molecular complexity index is 2810. The molecule has 1 aliphatic rings. The van der Waals surface area contributed by atoms with E-state index in [1.165, 1.54) is 52.1 Å². The Morgan fingerprint density at radius 1 is 0.312 bits per heavy atom. The van der Waals surface area contributed by atoms with E-state index in [1.54, 1.807) is 76.7 Å². The van der Waals surface area contributed by atoms with Crippen molar-refractivity contribution in [3.05, 3.63) is 259 Å². The zero-order valence-corrected chi connectivity index (χ0v) is 47.3. The van der Waals surface area contributed by atoms with Crippen LogP contribution in [0.1, 0.15) is 123 Å². The third-order valence-corrected chi connectivity index (χ3v) is 12.2. The fourth-order valence-electron chi connectivity index (χ4n) is 7.83. The Kier molecular flexibility index (Phi) is 18.9. The molecule has 1 aliphatic heterocycles. The van der Waals surface area contributed by atoms with Gasteiger partial charge in [0, 0.05) is 182 Å². The molecule has 9 rings (SSSR count). The van der Waals surface area contributed by atoms with Gasteiger partial charge in [-0.1, -0.05) is 0 Å². The van der Waals surface area contributed by atoms with Crippen LogP contribution in [0.3, 0.4) is 0 Å². The van der Waals surface area contributed by atoms with Gasteiger partial charge in [0.25, 0.3) is 0 Å². The van der Waals surface area contributed by atoms with E-state index in [4.69, 9.17) is 38.9 Å². The number of ether oxygens (including phenoxy) is 4. The van der Waals surface area contributed by atoms with Gasteiger partial charge in [0.05, 0.1) is 72.9 Å². The second kappa shape index (κ2) is 25.4. The first-order chi connectivity index (χ1) is 36.5. The van der Waals surface area contributed by atoms with Crippen LogP contribution in [-0.4, -0.2) is 102 Å². The number of amides is 2. The third-order valence-electron chi connectivity index (χ3n) is 12.2. The Balaban J connectivity index is 0.000000665. The summed E-state index contributed by atoms with van der Waals surface area (Å²) in [4.78, 5) is 94.1. The number of hydrogen-bond donors (Lipinski definition) is 0. The molecule has 4 aromatic heterocycles. The van der Waals surface area contributed by atoms with E-state index < -0.39 is 23.9 Å². The van der Waals surface area contributed by atoms with Crippen molar-refractivity contribution < 1.29 is 67.2 Å². The summed E-state index contributed by atoms with van der Waals surface area (Å²) in [6.07, 6.45) is 0. The minimum absolute atomic E-state index is 0. The number of aromatic nitrogens is 4. The van der Waals surface area contributed by atoms with Crippen molar-refractivity contribution in [2.24, 2.45) is 0 Å². The molecule has 0 saturated heterocycles. The number of rotatable bonds is 8. The van der Waals surface area contributed by atoms with Crippen molar-refractivity contribution in [2.45, 2.75) is 13.8 Å². The molecule has 0 atom stereocenters. The zero-order valence-electron chi connectivity index (χ0n) is 44.3. The van der Waals surface area contributed by atoms with E-state index in [2.05, 4.69) is 0 Å². The van der Waals surface area contributed by atoms with Crippen LogP contribution in [0.15, 0.2) is 146 Å². The summed E-state index contributed by atoms with van der Waals surface area (Å²) < 4.78 is 19.9. The van der Waals surface area contributed by atoms with Crippen molar-refractivity contribution in [3.63, 3.8) is 0 Å². The van der Waals surface area contributed by atoms with Crippen molar-refractivity contribution in [2.75, 3.05) is 56.6 Å². The smallest absolute Gasteiger partial charge is 0.339 e. The van der Waals surface area contributed by atoms with Crippen LogP contribution in [0.5, 0.6) is 0 Å². The second-order valence-electron chi connectivity index (χ2n) is 17.5. The molecule has 8 aromatic rings. The van der Waals surface area contributed by atoms with Gasteiger partial charge in [-0.05, 0) is 94.1 Å². The zero-order chi connectivity index (χ0) is 54.8. The summed E-state index contributed by atoms with van der Waals surface area (Å²) in [7, 11) is 12.2. The van der Waals surface area contributed by atoms with Crippen molar-refractivity contribution in [1.82, 2.24) is 29.7 Å². The Labute approximate surface area is 460 Å². The fourth-order valence-corrected chi connectivity index (χ4v) is 7.83. The summed E-state index contributed by atoms with van der Waals surface area (Å²) in [5, 5.41) is 0. The van der Waals surface area contributed by atoms with Crippen LogP contribution < -0.4 is 19.9 Å². The summed E-state index contributed by atoms with van der Waals surface area (Å²) in [6, 6.07) is 43.6. The number of nitrogens with zero attached hydrogens (tertiary/aromatic N) is 6. The van der Waals surface area contributed by atoms with E-state index in [0.717, 1.165) is 22.3 Å². The van der Waals surface area contributed by atoms with Gasteiger partial charge in [0.2, 0.25) is 11.8 Å². The molecule has 0 radical (unpaired) electrons. The Hall–Kier alpha value is -9.08. The maximum Gasteiger partial charge on any atom is 0.339 e. The molecule has 5 heterocycles. The van der Waals surface area contributed by atoms with Gasteiger partial charge >= 0.3 is 23.9 Å². The van der Waals surface area contributed by atoms with E-state index in [-0.39, 0.29) is 31.3 Å². The molecule has 4 aromatic carbocycles. The molecule has 0 aliphatic carbocycles. The molecule has 0 fully saturated rings. The van der Waals surface area contributed by atoms with Gasteiger partial charge in [-0.3, -0.25) is 9.59 Å². The molecular weight excluding hydrogens is 1030 g/mol. The quantitative estimate of drug-likeness (QED) is 0.0638. The van der Waals surface area contributed by atoms with Gasteiger partial charge in [-0.25, -0.2) is 19.2 Å². The molecule has 17 heteroatoms. The Morgan fingerprint density at radius 2 is 0.455 bits per heavy atom. The molecule has 0 spiro atoms. The Morgan fingerprint density at radius 3 is 0.571 bits per heavy atom. The summed E-state index contributed by atoms with van der Waals surface area (Å²) >= 11 is 0. The SMILES string of the molecule is CC(=O)N(C)C.CC(=O)N(C)C.COC(=O)c1ccc([C+]2c3ccc([n-]3)[C+](c3ccc(C(=O)OC)cc3)c3ccc([n-]3)[C+](c3ccc(C(=O)OC)cc3)c3ccc([n-]3)[C+](c3ccc(C(=O)OC)cc3)c3ccc2[n-]3)cc1.[Zn]. The number of carbonyl (C=O) groups excluding carboxylic acids is 6. The largest absolute Gasteiger partial charge is 0.628 e. The number of esters is 4. The number of benzene rings is 4. The minimum Gasteiger partial charge on any atom is -0.628 e. The van der Waals surface area contributed by atoms with E-state index >= 15 is 0 Å². The molecule has 16 nitrogen and oxygen atoms in total. The summed E-state index contributed by atoms with van der Waals surface area (Å²) in [6.45, 7) is 3.06. The van der Waals surface area contributed by atoms with Crippen LogP contribution in [0, 0.1) is 23.7 Å². The van der Waals surface area contributed by atoms with Gasteiger partial charge in [-0.15, -0.1) is 0 Å². The predicted molar refractivity (Wildman–Crippen MR) is 281 cm³/mol. The average molecular weight is 1080 g/mol. The summed E-state index contributed by atoms with van der Waals surface area (Å²) in [5.74, 6) is 1.11. The fraction of sp³-hybridized carbons (Fsp3) is 0.167. The number of hydrogen-bond acceptors (Lipinski definition) is 10. The van der Waals surface area contributed by atoms with Crippen LogP contribution in [-0.2, 0) is 48.0 Å². The van der Waals surface area contributed by atoms with Gasteiger partial charge in [0.1, 0.15) is 0 Å². The van der Waals surface area contributed by atoms with Crippen LogP contribution >= 0.6 is 0 Å². The van der Waals surface area contributed by atoms with Crippen LogP contribution in [0.2, 0.25) is 0 Å². The van der Waals surface area contributed by atoms with Crippen LogP contribution in [0.25, 0.3) is 0 Å². The van der Waals surface area contributed by atoms with Gasteiger partial charge in [0.15, 0.2) is 0 Å². The third kappa shape index (κ3) is 13.1. The predicted octanol–water partition coefficient (Wildman–Crippen LogP) is 7.24. The molecule has 0 unspecified atom stereocenters. The number of fused-ring (bicyclic) bond motifs is 8. The topological polar surface area (TPSA) is 202 Å². The summed E-state index contributed by atoms with van der Waals surface area (Å²) in [5.41, 5.74) is 9.33. The number of methoxy groups -OCH3 is 4. The van der Waals surface area contributed by atoms with Gasteiger partial charge < -0.3 is 48.7 Å². The first-order valence-corrected chi connectivity index (χ1v) is 23.6. The van der Waals surface area contributed by atoms with E-state index in [9.17, 15) is 28.8 Å². The molecule has 8 bridgehead atoms. The maximum absolute atomic E-state index is 12.5. The first kappa shape index (κ1) is 57.2. The van der Waals surface area contributed by atoms with E-state index in [1.807, 2.05) is 97.1 Å². The number of carbonyl (C=O) groups is 6. The minimum atomic E-state index is -0.464. The molecule has 77 heavy (non-hydrogen) atoms. The monoisotopic (exact) mass is 1080 g/mol. The molecular formula is C60H54N6O10Zn. The molecule has 2 amide bonds. The molecule has 386 valence electrons. The maximum atomic E-state index is 12.5. The van der Waals surface area contributed by atoms with E-state index in [0.29, 0.717) is 91.5 Å². The molecule has 0 N–H and O–H groups in total. The average Bonchev–Trinajstić information content (AvgIpc) is 4.30. The van der Waals surface area contributed by atoms with Gasteiger partial charge in [-0.2, -0.15) is 0 Å². The first-order valence-electron chi connectivity index (χ1n) is 23.6. The standard InChI is InChI=1S/C52H36N4O8.2C4H9NO.Zn/c1-61-49(57)33-13-5-29(6-14-33)45-37-21-23-39(53-37)46(30-7-15-34(16-8-30)50(58)62-2)41-25-27-43(55-41)48(32-11-19-36(20-12-32)52(60)64-4)44-28-26-42(56-44)47(40-24-22-38(45)54-40)31-9-17-35(18-10-31)51(59)63-3;2*1-4(6)5(2)3;/h5-28H,1-4H3;2*1-3H3;. The molecule has 0 saturated carbocycles.